The molecule has 158 valence electrons. The Balaban J connectivity index is 1.46. The number of piperidine rings is 1. The van der Waals surface area contributed by atoms with Crippen LogP contribution < -0.4 is 0 Å². The van der Waals surface area contributed by atoms with Crippen molar-refractivity contribution >= 4 is 11.6 Å². The molecule has 0 radical (unpaired) electrons. The highest BCUT2D eigenvalue weighted by Crippen LogP contribution is 2.41. The van der Waals surface area contributed by atoms with E-state index < -0.39 is 5.41 Å². The van der Waals surface area contributed by atoms with Crippen LogP contribution in [0.1, 0.15) is 49.7 Å². The van der Waals surface area contributed by atoms with Gasteiger partial charge in [0.15, 0.2) is 0 Å². The van der Waals surface area contributed by atoms with E-state index in [1.165, 1.54) is 5.56 Å². The quantitative estimate of drug-likeness (QED) is 0.825. The van der Waals surface area contributed by atoms with E-state index in [0.717, 1.165) is 49.9 Å². The summed E-state index contributed by atoms with van der Waals surface area (Å²) in [4.78, 5) is 21.4. The third-order valence-corrected chi connectivity index (χ3v) is 6.78. The molecule has 1 aromatic carbocycles. The first-order valence-corrected chi connectivity index (χ1v) is 10.9. The summed E-state index contributed by atoms with van der Waals surface area (Å²) in [6.45, 7) is 4.91. The number of aliphatic hydroxyl groups is 1. The average molecular weight is 401 g/mol. The Morgan fingerprint density at radius 2 is 2.10 bits per heavy atom. The van der Waals surface area contributed by atoms with Crippen LogP contribution in [0.5, 0.6) is 0 Å². The number of carbonyl (C=O) groups is 1. The van der Waals surface area contributed by atoms with Crippen molar-refractivity contribution in [2.24, 2.45) is 16.5 Å². The van der Waals surface area contributed by atoms with Gasteiger partial charge in [0.2, 0.25) is 5.91 Å². The van der Waals surface area contributed by atoms with Crippen molar-refractivity contribution in [3.05, 3.63) is 35.4 Å². The van der Waals surface area contributed by atoms with Crippen LogP contribution in [0.15, 0.2) is 29.4 Å². The van der Waals surface area contributed by atoms with Gasteiger partial charge in [-0.15, -0.1) is 0 Å². The third kappa shape index (κ3) is 4.33. The van der Waals surface area contributed by atoms with Crippen molar-refractivity contribution in [3.8, 4) is 0 Å². The second-order valence-corrected chi connectivity index (χ2v) is 8.82. The lowest BCUT2D eigenvalue weighted by molar-refractivity contribution is -0.153. The fourth-order valence-corrected chi connectivity index (χ4v) is 5.03. The Bertz CT molecular complexity index is 757. The molecular formula is C23H32N2O4. The Morgan fingerprint density at radius 1 is 1.31 bits per heavy atom. The van der Waals surface area contributed by atoms with E-state index in [2.05, 4.69) is 24.2 Å². The first kappa shape index (κ1) is 20.4. The number of aliphatic hydroxyl groups excluding tert-OH is 1. The molecule has 0 aliphatic carbocycles. The summed E-state index contributed by atoms with van der Waals surface area (Å²) in [6.07, 6.45) is 4.75. The summed E-state index contributed by atoms with van der Waals surface area (Å²) in [6, 6.07) is 8.22. The molecular weight excluding hydrogens is 368 g/mol. The summed E-state index contributed by atoms with van der Waals surface area (Å²) < 4.78 is 5.60. The molecule has 1 N–H and O–H groups in total. The number of rotatable bonds is 5. The van der Waals surface area contributed by atoms with Gasteiger partial charge in [-0.1, -0.05) is 29.4 Å². The summed E-state index contributed by atoms with van der Waals surface area (Å²) in [7, 11) is 0. The molecule has 0 saturated carbocycles. The van der Waals surface area contributed by atoms with Gasteiger partial charge in [0.05, 0.1) is 11.1 Å². The van der Waals surface area contributed by atoms with Gasteiger partial charge in [-0.3, -0.25) is 4.79 Å². The number of hydrogen-bond donors (Lipinski definition) is 1. The Labute approximate surface area is 172 Å². The van der Waals surface area contributed by atoms with E-state index >= 15 is 0 Å². The normalized spacial score (nSPS) is 26.7. The van der Waals surface area contributed by atoms with E-state index in [9.17, 15) is 9.90 Å². The Morgan fingerprint density at radius 3 is 2.86 bits per heavy atom. The predicted molar refractivity (Wildman–Crippen MR) is 111 cm³/mol. The molecule has 0 spiro atoms. The van der Waals surface area contributed by atoms with Crippen LogP contribution >= 0.6 is 0 Å². The summed E-state index contributed by atoms with van der Waals surface area (Å²) >= 11 is 0. The summed E-state index contributed by atoms with van der Waals surface area (Å²) in [5, 5.41) is 13.9. The number of aryl methyl sites for hydroxylation is 1. The van der Waals surface area contributed by atoms with Crippen LogP contribution in [0.2, 0.25) is 0 Å². The third-order valence-electron chi connectivity index (χ3n) is 6.78. The Hall–Kier alpha value is -1.92. The highest BCUT2D eigenvalue weighted by atomic mass is 16.6. The van der Waals surface area contributed by atoms with Crippen LogP contribution in [0.25, 0.3) is 0 Å². The average Bonchev–Trinajstić information content (AvgIpc) is 3.22. The first-order chi connectivity index (χ1) is 14.1. The van der Waals surface area contributed by atoms with Crippen LogP contribution in [-0.4, -0.2) is 60.6 Å². The molecule has 3 aliphatic rings. The molecule has 0 unspecified atom stereocenters. The van der Waals surface area contributed by atoms with Crippen LogP contribution in [0.3, 0.4) is 0 Å². The SMILES string of the molecule is Cc1ccccc1C1=NO[C@@H](CC2(C(=O)N3CCC[C@H](CO)C3)CCOCC2)C1. The van der Waals surface area contributed by atoms with Crippen molar-refractivity contribution in [2.75, 3.05) is 32.9 Å². The molecule has 6 heteroatoms. The number of benzene rings is 1. The first-order valence-electron chi connectivity index (χ1n) is 10.9. The molecule has 2 saturated heterocycles. The van der Waals surface area contributed by atoms with Crippen LogP contribution in [0.4, 0.5) is 0 Å². The number of likely N-dealkylation sites (tertiary alicyclic amines) is 1. The smallest absolute Gasteiger partial charge is 0.229 e. The van der Waals surface area contributed by atoms with Crippen molar-refractivity contribution in [1.82, 2.24) is 4.90 Å². The second-order valence-electron chi connectivity index (χ2n) is 8.82. The van der Waals surface area contributed by atoms with Crippen LogP contribution in [0, 0.1) is 18.3 Å². The van der Waals surface area contributed by atoms with Gasteiger partial charge in [-0.05, 0) is 44.1 Å². The van der Waals surface area contributed by atoms with Crippen molar-refractivity contribution in [3.63, 3.8) is 0 Å². The van der Waals surface area contributed by atoms with Gasteiger partial charge < -0.3 is 19.6 Å². The molecule has 0 bridgehead atoms. The van der Waals surface area contributed by atoms with Crippen molar-refractivity contribution in [2.45, 2.75) is 51.6 Å². The van der Waals surface area contributed by atoms with Gasteiger partial charge in [-0.2, -0.15) is 0 Å². The number of carbonyl (C=O) groups excluding carboxylic acids is 1. The van der Waals surface area contributed by atoms with Gasteiger partial charge in [-0.25, -0.2) is 0 Å². The van der Waals surface area contributed by atoms with Crippen LogP contribution in [-0.2, 0) is 14.4 Å². The van der Waals surface area contributed by atoms with Crippen molar-refractivity contribution in [1.29, 1.82) is 0 Å². The summed E-state index contributed by atoms with van der Waals surface area (Å²) in [5.74, 6) is 0.412. The fourth-order valence-electron chi connectivity index (χ4n) is 5.03. The minimum Gasteiger partial charge on any atom is -0.396 e. The summed E-state index contributed by atoms with van der Waals surface area (Å²) in [5.41, 5.74) is 2.85. The molecule has 2 fully saturated rings. The maximum atomic E-state index is 13.6. The van der Waals surface area contributed by atoms with Gasteiger partial charge >= 0.3 is 0 Å². The zero-order valence-electron chi connectivity index (χ0n) is 17.3. The minimum atomic E-state index is -0.447. The largest absolute Gasteiger partial charge is 0.396 e. The lowest BCUT2D eigenvalue weighted by atomic mass is 9.73. The molecule has 29 heavy (non-hydrogen) atoms. The standard InChI is InChI=1S/C23H32N2O4/c1-17-5-2-3-7-20(17)21-13-19(29-24-21)14-23(8-11-28-12-9-23)22(27)25-10-4-6-18(15-25)16-26/h2-3,5,7,18-19,26H,4,6,8-16H2,1H3/t18-,19+/m0/s1. The van der Waals surface area contributed by atoms with E-state index in [1.54, 1.807) is 0 Å². The van der Waals surface area contributed by atoms with Gasteiger partial charge in [0, 0.05) is 51.3 Å². The molecule has 4 rings (SSSR count). The van der Waals surface area contributed by atoms with Crippen molar-refractivity contribution < 1.29 is 19.5 Å². The number of ether oxygens (including phenoxy) is 1. The van der Waals surface area contributed by atoms with E-state index in [4.69, 9.17) is 9.57 Å². The Kier molecular flexibility index (Phi) is 6.20. The molecule has 1 aromatic rings. The molecule has 3 heterocycles. The molecule has 1 amide bonds. The monoisotopic (exact) mass is 400 g/mol. The van der Waals surface area contributed by atoms with Gasteiger partial charge in [0.1, 0.15) is 6.10 Å². The lowest BCUT2D eigenvalue weighted by Gasteiger charge is -2.43. The maximum Gasteiger partial charge on any atom is 0.229 e. The number of hydrogen-bond acceptors (Lipinski definition) is 5. The molecule has 3 aliphatic heterocycles. The second kappa shape index (κ2) is 8.84. The van der Waals surface area contributed by atoms with E-state index in [0.29, 0.717) is 26.2 Å². The topological polar surface area (TPSA) is 71.4 Å². The maximum absolute atomic E-state index is 13.6. The molecule has 0 aromatic heterocycles. The minimum absolute atomic E-state index is 0.0786. The van der Waals surface area contributed by atoms with Gasteiger partial charge in [0.25, 0.3) is 0 Å². The fraction of sp³-hybridized carbons (Fsp3) is 0.652. The zero-order chi connectivity index (χ0) is 20.3. The molecule has 2 atom stereocenters. The number of oxime groups is 1. The van der Waals surface area contributed by atoms with E-state index in [1.807, 2.05) is 17.0 Å². The number of nitrogens with zero attached hydrogens (tertiary/aromatic N) is 2. The van der Waals surface area contributed by atoms with E-state index in [-0.39, 0.29) is 24.5 Å². The molecule has 6 nitrogen and oxygen atoms in total. The zero-order valence-corrected chi connectivity index (χ0v) is 17.3. The highest BCUT2D eigenvalue weighted by Gasteiger charge is 2.46. The highest BCUT2D eigenvalue weighted by molar-refractivity contribution is 6.02. The number of amides is 1. The lowest BCUT2D eigenvalue weighted by Crippen LogP contribution is -2.51. The predicted octanol–water partition coefficient (Wildman–Crippen LogP) is 2.91.